The Labute approximate surface area is 179 Å². The number of rotatable bonds is 7. The van der Waals surface area contributed by atoms with Crippen LogP contribution in [0.2, 0.25) is 0 Å². The summed E-state index contributed by atoms with van der Waals surface area (Å²) in [5.74, 6) is 0.109. The van der Waals surface area contributed by atoms with Crippen molar-refractivity contribution >= 4 is 11.8 Å². The standard InChI is InChI=1S/C24H24FN3O3/c1-31-21-5-3-2-4-18(21)23-16(8-11-22(29)27-19-12-13-26-24(19)30)14-20(28-23)15-6-9-17(25)10-7-15/h2-7,9-10,14,19,28H,8,11-13H2,1H3,(H,26,30)(H,27,29). The third kappa shape index (κ3) is 4.60. The Morgan fingerprint density at radius 3 is 2.68 bits per heavy atom. The molecule has 1 unspecified atom stereocenters. The van der Waals surface area contributed by atoms with Crippen LogP contribution in [-0.2, 0) is 16.0 Å². The quantitative estimate of drug-likeness (QED) is 0.547. The van der Waals surface area contributed by atoms with Crippen molar-refractivity contribution in [1.82, 2.24) is 15.6 Å². The van der Waals surface area contributed by atoms with Crippen molar-refractivity contribution in [3.05, 3.63) is 66.0 Å². The number of methoxy groups -OCH3 is 1. The van der Waals surface area contributed by atoms with Gasteiger partial charge < -0.3 is 20.4 Å². The third-order valence-electron chi connectivity index (χ3n) is 5.44. The first kappa shape index (κ1) is 20.7. The molecule has 1 fully saturated rings. The number of aryl methyl sites for hydroxylation is 1. The highest BCUT2D eigenvalue weighted by Crippen LogP contribution is 2.35. The van der Waals surface area contributed by atoms with Crippen LogP contribution in [0.4, 0.5) is 4.39 Å². The Balaban J connectivity index is 1.61. The molecular formula is C24H24FN3O3. The summed E-state index contributed by atoms with van der Waals surface area (Å²) in [6.07, 6.45) is 1.33. The normalized spacial score (nSPS) is 15.5. The lowest BCUT2D eigenvalue weighted by Gasteiger charge is -2.11. The lowest BCUT2D eigenvalue weighted by molar-refractivity contribution is -0.127. The molecule has 7 heteroatoms. The maximum atomic E-state index is 13.4. The maximum Gasteiger partial charge on any atom is 0.242 e. The highest BCUT2D eigenvalue weighted by Gasteiger charge is 2.25. The number of aromatic amines is 1. The van der Waals surface area contributed by atoms with Gasteiger partial charge in [-0.15, -0.1) is 0 Å². The second-order valence-corrected chi connectivity index (χ2v) is 7.49. The molecule has 2 heterocycles. The summed E-state index contributed by atoms with van der Waals surface area (Å²) in [5, 5.41) is 5.52. The van der Waals surface area contributed by atoms with Gasteiger partial charge in [0, 0.05) is 24.2 Å². The Morgan fingerprint density at radius 1 is 1.19 bits per heavy atom. The second-order valence-electron chi connectivity index (χ2n) is 7.49. The minimum Gasteiger partial charge on any atom is -0.496 e. The fraction of sp³-hybridized carbons (Fsp3) is 0.250. The van der Waals surface area contributed by atoms with Crippen LogP contribution in [0.1, 0.15) is 18.4 Å². The van der Waals surface area contributed by atoms with Crippen molar-refractivity contribution in [3.8, 4) is 28.3 Å². The molecule has 0 radical (unpaired) electrons. The zero-order valence-corrected chi connectivity index (χ0v) is 17.2. The van der Waals surface area contributed by atoms with Crippen LogP contribution in [0.15, 0.2) is 54.6 Å². The number of nitrogens with one attached hydrogen (secondary N) is 3. The zero-order chi connectivity index (χ0) is 21.8. The number of carbonyl (C=O) groups is 2. The fourth-order valence-electron chi connectivity index (χ4n) is 3.82. The number of benzene rings is 2. The number of halogens is 1. The molecule has 1 aliphatic heterocycles. The molecule has 2 amide bonds. The monoisotopic (exact) mass is 421 g/mol. The minimum absolute atomic E-state index is 0.136. The number of H-pyrrole nitrogens is 1. The molecule has 3 N–H and O–H groups in total. The van der Waals surface area contributed by atoms with Crippen LogP contribution in [0.3, 0.4) is 0 Å². The maximum absolute atomic E-state index is 13.4. The van der Waals surface area contributed by atoms with E-state index in [1.807, 2.05) is 30.3 Å². The van der Waals surface area contributed by atoms with Crippen LogP contribution in [0.25, 0.3) is 22.5 Å². The van der Waals surface area contributed by atoms with E-state index >= 15 is 0 Å². The molecule has 1 atom stereocenters. The first-order valence-electron chi connectivity index (χ1n) is 10.2. The minimum atomic E-state index is -0.456. The van der Waals surface area contributed by atoms with Crippen molar-refractivity contribution < 1.29 is 18.7 Å². The van der Waals surface area contributed by atoms with Crippen LogP contribution >= 0.6 is 0 Å². The van der Waals surface area contributed by atoms with Crippen LogP contribution in [0, 0.1) is 5.82 Å². The predicted octanol–water partition coefficient (Wildman–Crippen LogP) is 3.43. The Kier molecular flexibility index (Phi) is 6.02. The predicted molar refractivity (Wildman–Crippen MR) is 116 cm³/mol. The highest BCUT2D eigenvalue weighted by atomic mass is 19.1. The van der Waals surface area contributed by atoms with Crippen LogP contribution in [-0.4, -0.2) is 36.5 Å². The lowest BCUT2D eigenvalue weighted by Crippen LogP contribution is -2.40. The van der Waals surface area contributed by atoms with Crippen molar-refractivity contribution in [2.24, 2.45) is 0 Å². The summed E-state index contributed by atoms with van der Waals surface area (Å²) in [6.45, 7) is 0.584. The number of hydrogen-bond acceptors (Lipinski definition) is 3. The van der Waals surface area contributed by atoms with Crippen LogP contribution < -0.4 is 15.4 Å². The summed E-state index contributed by atoms with van der Waals surface area (Å²) in [7, 11) is 1.61. The average molecular weight is 421 g/mol. The summed E-state index contributed by atoms with van der Waals surface area (Å²) >= 11 is 0. The van der Waals surface area contributed by atoms with E-state index in [0.29, 0.717) is 25.1 Å². The molecule has 160 valence electrons. The Hall–Kier alpha value is -3.61. The first-order chi connectivity index (χ1) is 15.0. The molecule has 2 aromatic carbocycles. The van der Waals surface area contributed by atoms with Gasteiger partial charge in [0.1, 0.15) is 17.6 Å². The van der Waals surface area contributed by atoms with E-state index in [-0.39, 0.29) is 24.1 Å². The van der Waals surface area contributed by atoms with Gasteiger partial charge in [0.2, 0.25) is 11.8 Å². The summed E-state index contributed by atoms with van der Waals surface area (Å²) in [5.41, 5.74) is 4.34. The van der Waals surface area contributed by atoms with Crippen molar-refractivity contribution in [2.45, 2.75) is 25.3 Å². The molecule has 6 nitrogen and oxygen atoms in total. The van der Waals surface area contributed by atoms with Gasteiger partial charge in [-0.1, -0.05) is 12.1 Å². The number of carbonyl (C=O) groups excluding carboxylic acids is 2. The number of aromatic nitrogens is 1. The van der Waals surface area contributed by atoms with Gasteiger partial charge in [-0.05, 0) is 66.4 Å². The number of hydrogen-bond donors (Lipinski definition) is 3. The topological polar surface area (TPSA) is 83.2 Å². The van der Waals surface area contributed by atoms with E-state index in [2.05, 4.69) is 15.6 Å². The largest absolute Gasteiger partial charge is 0.496 e. The van der Waals surface area contributed by atoms with E-state index < -0.39 is 6.04 Å². The van der Waals surface area contributed by atoms with Gasteiger partial charge in [0.15, 0.2) is 0 Å². The average Bonchev–Trinajstić information content (AvgIpc) is 3.39. The lowest BCUT2D eigenvalue weighted by atomic mass is 10.0. The first-order valence-corrected chi connectivity index (χ1v) is 10.2. The fourth-order valence-corrected chi connectivity index (χ4v) is 3.82. The molecule has 1 saturated heterocycles. The van der Waals surface area contributed by atoms with Crippen molar-refractivity contribution in [3.63, 3.8) is 0 Å². The smallest absolute Gasteiger partial charge is 0.242 e. The second kappa shape index (κ2) is 9.04. The molecule has 4 rings (SSSR count). The highest BCUT2D eigenvalue weighted by molar-refractivity contribution is 5.89. The number of amides is 2. The Morgan fingerprint density at radius 2 is 1.97 bits per heavy atom. The SMILES string of the molecule is COc1ccccc1-c1[nH]c(-c2ccc(F)cc2)cc1CCC(=O)NC1CCNC1=O. The molecule has 0 aliphatic carbocycles. The molecular weight excluding hydrogens is 397 g/mol. The number of para-hydroxylation sites is 1. The van der Waals surface area contributed by atoms with E-state index in [1.165, 1.54) is 12.1 Å². The van der Waals surface area contributed by atoms with E-state index in [9.17, 15) is 14.0 Å². The van der Waals surface area contributed by atoms with Gasteiger partial charge in [0.05, 0.1) is 12.8 Å². The molecule has 3 aromatic rings. The molecule has 1 aromatic heterocycles. The van der Waals surface area contributed by atoms with Gasteiger partial charge >= 0.3 is 0 Å². The zero-order valence-electron chi connectivity index (χ0n) is 17.2. The van der Waals surface area contributed by atoms with Gasteiger partial charge in [-0.3, -0.25) is 9.59 Å². The summed E-state index contributed by atoms with van der Waals surface area (Å²) in [6, 6.07) is 15.4. The molecule has 31 heavy (non-hydrogen) atoms. The molecule has 1 aliphatic rings. The van der Waals surface area contributed by atoms with Crippen molar-refractivity contribution in [1.29, 1.82) is 0 Å². The molecule has 0 saturated carbocycles. The van der Waals surface area contributed by atoms with Gasteiger partial charge in [0.25, 0.3) is 0 Å². The summed E-state index contributed by atoms with van der Waals surface area (Å²) < 4.78 is 18.9. The molecule has 0 bridgehead atoms. The van der Waals surface area contributed by atoms with E-state index in [1.54, 1.807) is 19.2 Å². The third-order valence-corrected chi connectivity index (χ3v) is 5.44. The van der Waals surface area contributed by atoms with Crippen molar-refractivity contribution in [2.75, 3.05) is 13.7 Å². The Bertz CT molecular complexity index is 1090. The molecule has 0 spiro atoms. The number of ether oxygens (including phenoxy) is 1. The summed E-state index contributed by atoms with van der Waals surface area (Å²) in [4.78, 5) is 27.6. The van der Waals surface area contributed by atoms with Gasteiger partial charge in [-0.25, -0.2) is 4.39 Å². The van der Waals surface area contributed by atoms with Gasteiger partial charge in [-0.2, -0.15) is 0 Å². The van der Waals surface area contributed by atoms with E-state index in [0.717, 1.165) is 28.1 Å². The van der Waals surface area contributed by atoms with E-state index in [4.69, 9.17) is 4.74 Å². The van der Waals surface area contributed by atoms with Crippen LogP contribution in [0.5, 0.6) is 5.75 Å².